The Morgan fingerprint density at radius 3 is 2.20 bits per heavy atom. The van der Waals surface area contributed by atoms with E-state index in [0.717, 1.165) is 12.7 Å². The van der Waals surface area contributed by atoms with Crippen molar-refractivity contribution in [3.05, 3.63) is 29.8 Å². The number of amides is 1. The predicted octanol–water partition coefficient (Wildman–Crippen LogP) is 0.327. The molecule has 1 aliphatic rings. The molecule has 1 aromatic carbocycles. The zero-order chi connectivity index (χ0) is 18.6. The van der Waals surface area contributed by atoms with E-state index in [4.69, 9.17) is 4.74 Å². The van der Waals surface area contributed by atoms with E-state index in [1.807, 2.05) is 0 Å². The molecule has 1 fully saturated rings. The number of Topliss-reactive ketones (excluding diaryl/α,β-unsaturated/α-hetero) is 1. The van der Waals surface area contributed by atoms with Crippen molar-refractivity contribution in [2.75, 3.05) is 21.3 Å². The Morgan fingerprint density at radius 2 is 1.68 bits per heavy atom. The maximum atomic E-state index is 12.3. The van der Waals surface area contributed by atoms with Crippen molar-refractivity contribution in [1.29, 1.82) is 0 Å². The molecule has 1 saturated heterocycles. The van der Waals surface area contributed by atoms with Gasteiger partial charge in [-0.2, -0.15) is 0 Å². The number of likely N-dealkylation sites (tertiary alicyclic amines) is 1. The molecule has 134 valence electrons. The van der Waals surface area contributed by atoms with Gasteiger partial charge in [0.1, 0.15) is 11.7 Å². The minimum atomic E-state index is -1.34. The molecule has 1 aromatic rings. The summed E-state index contributed by atoms with van der Waals surface area (Å²) in [5.74, 6) is -3.86. The molecule has 0 spiro atoms. The molecular weight excluding hydrogens is 330 g/mol. The summed E-state index contributed by atoms with van der Waals surface area (Å²) in [6.45, 7) is 0.0731. The van der Waals surface area contributed by atoms with Crippen molar-refractivity contribution in [2.24, 2.45) is 5.92 Å². The molecule has 8 nitrogen and oxygen atoms in total. The molecule has 1 amide bonds. The van der Waals surface area contributed by atoms with Gasteiger partial charge in [0, 0.05) is 6.54 Å². The van der Waals surface area contributed by atoms with Crippen molar-refractivity contribution < 1.29 is 33.4 Å². The number of esters is 2. The Kier molecular flexibility index (Phi) is 5.74. The molecule has 0 unspecified atom stereocenters. The molecule has 25 heavy (non-hydrogen) atoms. The highest BCUT2D eigenvalue weighted by Gasteiger charge is 2.52. The SMILES string of the molecule is COC(=O)C[C@H]1[C@@H](C(=O)OC)C(=O)C(=O)N1Cc1ccc(OC)cc1. The van der Waals surface area contributed by atoms with Crippen LogP contribution in [-0.2, 0) is 35.2 Å². The number of benzene rings is 1. The van der Waals surface area contributed by atoms with Crippen LogP contribution in [0.1, 0.15) is 12.0 Å². The maximum Gasteiger partial charge on any atom is 0.318 e. The van der Waals surface area contributed by atoms with Crippen LogP contribution in [-0.4, -0.2) is 55.9 Å². The second-order valence-electron chi connectivity index (χ2n) is 5.49. The third-order valence-electron chi connectivity index (χ3n) is 4.11. The summed E-state index contributed by atoms with van der Waals surface area (Å²) in [5, 5.41) is 0. The van der Waals surface area contributed by atoms with Gasteiger partial charge in [-0.05, 0) is 17.7 Å². The lowest BCUT2D eigenvalue weighted by atomic mass is 9.96. The van der Waals surface area contributed by atoms with Crippen molar-refractivity contribution >= 4 is 23.6 Å². The molecule has 0 N–H and O–H groups in total. The van der Waals surface area contributed by atoms with Gasteiger partial charge in [-0.15, -0.1) is 0 Å². The van der Waals surface area contributed by atoms with Crippen LogP contribution >= 0.6 is 0 Å². The van der Waals surface area contributed by atoms with E-state index in [1.165, 1.54) is 19.1 Å². The highest BCUT2D eigenvalue weighted by atomic mass is 16.5. The first-order valence-corrected chi connectivity index (χ1v) is 7.55. The first-order chi connectivity index (χ1) is 11.9. The van der Waals surface area contributed by atoms with Crippen LogP contribution in [0.15, 0.2) is 24.3 Å². The van der Waals surface area contributed by atoms with E-state index in [-0.39, 0.29) is 13.0 Å². The average molecular weight is 349 g/mol. The Labute approximate surface area is 144 Å². The molecule has 0 aliphatic carbocycles. The lowest BCUT2D eigenvalue weighted by Gasteiger charge is -2.25. The fourth-order valence-corrected chi connectivity index (χ4v) is 2.77. The van der Waals surface area contributed by atoms with Gasteiger partial charge in [-0.3, -0.25) is 19.2 Å². The normalized spacial score (nSPS) is 19.7. The van der Waals surface area contributed by atoms with Crippen molar-refractivity contribution in [2.45, 2.75) is 19.0 Å². The van der Waals surface area contributed by atoms with Gasteiger partial charge in [0.05, 0.1) is 33.8 Å². The molecule has 0 aromatic heterocycles. The third-order valence-corrected chi connectivity index (χ3v) is 4.11. The molecule has 8 heteroatoms. The number of methoxy groups -OCH3 is 3. The molecule has 2 atom stereocenters. The minimum absolute atomic E-state index is 0.0731. The van der Waals surface area contributed by atoms with E-state index in [1.54, 1.807) is 24.3 Å². The Bertz CT molecular complexity index is 683. The predicted molar refractivity (Wildman–Crippen MR) is 84.5 cm³/mol. The zero-order valence-electron chi connectivity index (χ0n) is 14.2. The fraction of sp³-hybridized carbons (Fsp3) is 0.412. The highest BCUT2D eigenvalue weighted by Crippen LogP contribution is 2.29. The number of carbonyl (C=O) groups excluding carboxylic acids is 4. The van der Waals surface area contributed by atoms with Gasteiger partial charge >= 0.3 is 11.9 Å². The molecular formula is C17H19NO7. The fourth-order valence-electron chi connectivity index (χ4n) is 2.77. The van der Waals surface area contributed by atoms with Gasteiger partial charge < -0.3 is 19.1 Å². The number of carbonyl (C=O) groups is 4. The third kappa shape index (κ3) is 3.78. The Morgan fingerprint density at radius 1 is 1.04 bits per heavy atom. The summed E-state index contributed by atoms with van der Waals surface area (Å²) in [4.78, 5) is 49.4. The van der Waals surface area contributed by atoms with Gasteiger partial charge in [0.15, 0.2) is 0 Å². The molecule has 1 aliphatic heterocycles. The number of ether oxygens (including phenoxy) is 3. The minimum Gasteiger partial charge on any atom is -0.497 e. The first kappa shape index (κ1) is 18.4. The van der Waals surface area contributed by atoms with Gasteiger partial charge in [0.25, 0.3) is 5.91 Å². The second kappa shape index (κ2) is 7.78. The van der Waals surface area contributed by atoms with Crippen molar-refractivity contribution in [3.63, 3.8) is 0 Å². The maximum absolute atomic E-state index is 12.3. The van der Waals surface area contributed by atoms with Crippen LogP contribution in [0, 0.1) is 5.92 Å². The summed E-state index contributed by atoms with van der Waals surface area (Å²) < 4.78 is 14.3. The molecule has 1 heterocycles. The summed E-state index contributed by atoms with van der Waals surface area (Å²) in [6.07, 6.45) is -0.274. The van der Waals surface area contributed by atoms with Crippen LogP contribution in [0.2, 0.25) is 0 Å². The average Bonchev–Trinajstić information content (AvgIpc) is 2.86. The monoisotopic (exact) mass is 349 g/mol. The van der Waals surface area contributed by atoms with Gasteiger partial charge in [-0.1, -0.05) is 12.1 Å². The van der Waals surface area contributed by atoms with Gasteiger partial charge in [-0.25, -0.2) is 0 Å². The van der Waals surface area contributed by atoms with E-state index in [9.17, 15) is 19.2 Å². The summed E-state index contributed by atoms with van der Waals surface area (Å²) in [5.41, 5.74) is 0.724. The van der Waals surface area contributed by atoms with Gasteiger partial charge in [0.2, 0.25) is 5.78 Å². The number of rotatable bonds is 6. The number of ketones is 1. The topological polar surface area (TPSA) is 99.2 Å². The lowest BCUT2D eigenvalue weighted by Crippen LogP contribution is -2.39. The first-order valence-electron chi connectivity index (χ1n) is 7.55. The van der Waals surface area contributed by atoms with Crippen molar-refractivity contribution in [1.82, 2.24) is 4.90 Å². The van der Waals surface area contributed by atoms with E-state index >= 15 is 0 Å². The number of nitrogens with zero attached hydrogens (tertiary/aromatic N) is 1. The summed E-state index contributed by atoms with van der Waals surface area (Å²) >= 11 is 0. The van der Waals surface area contributed by atoms with Crippen molar-refractivity contribution in [3.8, 4) is 5.75 Å². The Balaban J connectivity index is 2.30. The second-order valence-corrected chi connectivity index (χ2v) is 5.49. The molecule has 0 saturated carbocycles. The summed E-state index contributed by atoms with van der Waals surface area (Å²) in [7, 11) is 3.86. The van der Waals surface area contributed by atoms with E-state index < -0.39 is 35.6 Å². The van der Waals surface area contributed by atoms with Crippen LogP contribution in [0.3, 0.4) is 0 Å². The lowest BCUT2D eigenvalue weighted by molar-refractivity contribution is -0.151. The zero-order valence-corrected chi connectivity index (χ0v) is 14.2. The number of hydrogen-bond acceptors (Lipinski definition) is 7. The number of hydrogen-bond donors (Lipinski definition) is 0. The van der Waals surface area contributed by atoms with Crippen LogP contribution in [0.5, 0.6) is 5.75 Å². The highest BCUT2D eigenvalue weighted by molar-refractivity contribution is 6.42. The molecule has 2 rings (SSSR count). The summed E-state index contributed by atoms with van der Waals surface area (Å²) in [6, 6.07) is 5.95. The van der Waals surface area contributed by atoms with Crippen LogP contribution in [0.25, 0.3) is 0 Å². The van der Waals surface area contributed by atoms with E-state index in [0.29, 0.717) is 5.75 Å². The smallest absolute Gasteiger partial charge is 0.318 e. The van der Waals surface area contributed by atoms with Crippen LogP contribution < -0.4 is 4.74 Å². The largest absolute Gasteiger partial charge is 0.497 e. The quantitative estimate of drug-likeness (QED) is 0.414. The Hall–Kier alpha value is -2.90. The van der Waals surface area contributed by atoms with E-state index in [2.05, 4.69) is 9.47 Å². The molecule has 0 bridgehead atoms. The van der Waals surface area contributed by atoms with Crippen LogP contribution in [0.4, 0.5) is 0 Å². The standard InChI is InChI=1S/C17H19NO7/c1-23-11-6-4-10(5-7-11)9-18-12(8-13(19)24-2)14(17(22)25-3)15(20)16(18)21/h4-7,12,14H,8-9H2,1-3H3/t12-,14+/m0/s1. The molecule has 0 radical (unpaired) electrons.